The van der Waals surface area contributed by atoms with E-state index in [0.717, 1.165) is 19.3 Å². The highest BCUT2D eigenvalue weighted by Gasteiger charge is 2.24. The average Bonchev–Trinajstić information content (AvgIpc) is 2.34. The molecule has 1 aliphatic heterocycles. The number of carboxylic acid groups (broad SMARTS) is 1. The maximum atomic E-state index is 11.7. The van der Waals surface area contributed by atoms with Crippen LogP contribution in [0.1, 0.15) is 39.5 Å². The molecule has 1 rings (SSSR count). The van der Waals surface area contributed by atoms with Crippen LogP contribution in [-0.4, -0.2) is 54.4 Å². The Bertz CT molecular complexity index is 325. The number of urea groups is 1. The van der Waals surface area contributed by atoms with Gasteiger partial charge in [0.05, 0.1) is 18.6 Å². The third-order valence-corrected chi connectivity index (χ3v) is 3.63. The van der Waals surface area contributed by atoms with E-state index in [1.165, 1.54) is 4.90 Å². The molecule has 0 aromatic carbocycles. The van der Waals surface area contributed by atoms with Crippen molar-refractivity contribution < 1.29 is 19.4 Å². The molecule has 0 aromatic heterocycles. The van der Waals surface area contributed by atoms with Crippen LogP contribution in [0.15, 0.2) is 0 Å². The molecule has 2 atom stereocenters. The van der Waals surface area contributed by atoms with Crippen LogP contribution in [0.5, 0.6) is 0 Å². The molecule has 6 nitrogen and oxygen atoms in total. The Labute approximate surface area is 120 Å². The van der Waals surface area contributed by atoms with Crippen LogP contribution in [0, 0.1) is 5.92 Å². The van der Waals surface area contributed by atoms with Gasteiger partial charge in [-0.3, -0.25) is 4.79 Å². The van der Waals surface area contributed by atoms with Crippen molar-refractivity contribution in [3.63, 3.8) is 0 Å². The second kappa shape index (κ2) is 8.09. The molecule has 0 radical (unpaired) electrons. The molecule has 1 aliphatic rings. The number of nitrogens with one attached hydrogen (secondary N) is 1. The van der Waals surface area contributed by atoms with E-state index in [4.69, 9.17) is 9.84 Å². The number of hydrogen-bond acceptors (Lipinski definition) is 3. The molecule has 116 valence electrons. The molecule has 1 heterocycles. The van der Waals surface area contributed by atoms with E-state index < -0.39 is 5.97 Å². The van der Waals surface area contributed by atoms with Crippen LogP contribution < -0.4 is 5.32 Å². The first kappa shape index (κ1) is 16.8. The van der Waals surface area contributed by atoms with Crippen molar-refractivity contribution in [2.75, 3.05) is 20.1 Å². The highest BCUT2D eigenvalue weighted by atomic mass is 16.5. The summed E-state index contributed by atoms with van der Waals surface area (Å²) in [7, 11) is 1.61. The van der Waals surface area contributed by atoms with Crippen molar-refractivity contribution in [1.29, 1.82) is 0 Å². The van der Waals surface area contributed by atoms with Crippen molar-refractivity contribution in [3.8, 4) is 0 Å². The molecule has 20 heavy (non-hydrogen) atoms. The SMILES string of the molecule is CC1CC(CCNC(=O)N(C)CCC(=O)O)CC(C)O1. The minimum Gasteiger partial charge on any atom is -0.481 e. The largest absolute Gasteiger partial charge is 0.481 e. The normalized spacial score (nSPS) is 26.1. The monoisotopic (exact) mass is 286 g/mol. The van der Waals surface area contributed by atoms with E-state index in [-0.39, 0.29) is 31.2 Å². The molecule has 2 amide bonds. The van der Waals surface area contributed by atoms with Gasteiger partial charge in [-0.1, -0.05) is 0 Å². The number of ether oxygens (including phenoxy) is 1. The summed E-state index contributed by atoms with van der Waals surface area (Å²) < 4.78 is 5.69. The second-order valence-corrected chi connectivity index (χ2v) is 5.68. The van der Waals surface area contributed by atoms with Gasteiger partial charge in [0.1, 0.15) is 0 Å². The number of amides is 2. The lowest BCUT2D eigenvalue weighted by atomic mass is 9.90. The van der Waals surface area contributed by atoms with E-state index in [2.05, 4.69) is 19.2 Å². The van der Waals surface area contributed by atoms with Gasteiger partial charge in [-0.05, 0) is 39.0 Å². The Morgan fingerprint density at radius 1 is 1.30 bits per heavy atom. The minimum atomic E-state index is -0.894. The van der Waals surface area contributed by atoms with Crippen molar-refractivity contribution in [2.24, 2.45) is 5.92 Å². The zero-order valence-corrected chi connectivity index (χ0v) is 12.6. The van der Waals surface area contributed by atoms with Gasteiger partial charge < -0.3 is 20.1 Å². The van der Waals surface area contributed by atoms with Gasteiger partial charge in [0.15, 0.2) is 0 Å². The predicted octanol–water partition coefficient (Wildman–Crippen LogP) is 1.70. The van der Waals surface area contributed by atoms with E-state index >= 15 is 0 Å². The smallest absolute Gasteiger partial charge is 0.317 e. The third kappa shape index (κ3) is 6.23. The Hall–Kier alpha value is -1.30. The number of rotatable bonds is 6. The first-order valence-electron chi connectivity index (χ1n) is 7.24. The van der Waals surface area contributed by atoms with Gasteiger partial charge in [0.25, 0.3) is 0 Å². The number of carbonyl (C=O) groups excluding carboxylic acids is 1. The van der Waals surface area contributed by atoms with Crippen LogP contribution in [0.4, 0.5) is 4.79 Å². The summed E-state index contributed by atoms with van der Waals surface area (Å²) in [6.07, 6.45) is 3.56. The Morgan fingerprint density at radius 3 is 2.45 bits per heavy atom. The number of carbonyl (C=O) groups is 2. The fourth-order valence-corrected chi connectivity index (χ4v) is 2.66. The van der Waals surface area contributed by atoms with Crippen LogP contribution in [0.2, 0.25) is 0 Å². The van der Waals surface area contributed by atoms with Crippen molar-refractivity contribution in [2.45, 2.75) is 51.7 Å². The highest BCUT2D eigenvalue weighted by Crippen LogP contribution is 2.26. The molecular weight excluding hydrogens is 260 g/mol. The van der Waals surface area contributed by atoms with Gasteiger partial charge in [-0.15, -0.1) is 0 Å². The van der Waals surface area contributed by atoms with Gasteiger partial charge in [-0.25, -0.2) is 4.79 Å². The number of aliphatic carboxylic acids is 1. The molecule has 0 aliphatic carbocycles. The Balaban J connectivity index is 2.19. The van der Waals surface area contributed by atoms with E-state index in [1.807, 2.05) is 0 Å². The van der Waals surface area contributed by atoms with Crippen molar-refractivity contribution in [3.05, 3.63) is 0 Å². The zero-order chi connectivity index (χ0) is 15.1. The molecule has 0 aromatic rings. The fourth-order valence-electron chi connectivity index (χ4n) is 2.66. The van der Waals surface area contributed by atoms with Crippen LogP contribution in [-0.2, 0) is 9.53 Å². The Morgan fingerprint density at radius 2 is 1.90 bits per heavy atom. The lowest BCUT2D eigenvalue weighted by molar-refractivity contribution is -0.137. The summed E-state index contributed by atoms with van der Waals surface area (Å²) >= 11 is 0. The van der Waals surface area contributed by atoms with E-state index in [1.54, 1.807) is 7.05 Å². The molecule has 0 spiro atoms. The molecule has 2 unspecified atom stereocenters. The highest BCUT2D eigenvalue weighted by molar-refractivity contribution is 5.74. The molecule has 0 saturated carbocycles. The van der Waals surface area contributed by atoms with Crippen molar-refractivity contribution >= 4 is 12.0 Å². The van der Waals surface area contributed by atoms with Crippen LogP contribution in [0.3, 0.4) is 0 Å². The molecule has 1 saturated heterocycles. The maximum absolute atomic E-state index is 11.7. The van der Waals surface area contributed by atoms with Gasteiger partial charge in [0, 0.05) is 20.1 Å². The van der Waals surface area contributed by atoms with E-state index in [0.29, 0.717) is 12.5 Å². The molecular formula is C14H26N2O4. The minimum absolute atomic E-state index is 0.0289. The molecule has 0 bridgehead atoms. The first-order chi connectivity index (χ1) is 9.38. The summed E-state index contributed by atoms with van der Waals surface area (Å²) in [6, 6.07) is -0.209. The second-order valence-electron chi connectivity index (χ2n) is 5.68. The summed E-state index contributed by atoms with van der Waals surface area (Å²) in [4.78, 5) is 23.6. The number of carboxylic acids is 1. The van der Waals surface area contributed by atoms with Crippen molar-refractivity contribution in [1.82, 2.24) is 10.2 Å². The predicted molar refractivity (Wildman–Crippen MR) is 75.6 cm³/mol. The standard InChI is InChI=1S/C14H26N2O4/c1-10-8-12(9-11(2)20-10)4-6-15-14(19)16(3)7-5-13(17)18/h10-12H,4-9H2,1-3H3,(H,15,19)(H,17,18). The molecule has 1 fully saturated rings. The maximum Gasteiger partial charge on any atom is 0.317 e. The molecule has 2 N–H and O–H groups in total. The van der Waals surface area contributed by atoms with Crippen LogP contribution >= 0.6 is 0 Å². The van der Waals surface area contributed by atoms with Gasteiger partial charge >= 0.3 is 12.0 Å². The fraction of sp³-hybridized carbons (Fsp3) is 0.857. The quantitative estimate of drug-likeness (QED) is 0.779. The summed E-state index contributed by atoms with van der Waals surface area (Å²) in [6.45, 7) is 5.02. The third-order valence-electron chi connectivity index (χ3n) is 3.63. The average molecular weight is 286 g/mol. The van der Waals surface area contributed by atoms with E-state index in [9.17, 15) is 9.59 Å². The summed E-state index contributed by atoms with van der Waals surface area (Å²) in [5.74, 6) is -0.312. The number of hydrogen-bond donors (Lipinski definition) is 2. The lowest BCUT2D eigenvalue weighted by Crippen LogP contribution is -2.39. The lowest BCUT2D eigenvalue weighted by Gasteiger charge is -2.32. The summed E-state index contributed by atoms with van der Waals surface area (Å²) in [5, 5.41) is 11.4. The molecule has 6 heteroatoms. The topological polar surface area (TPSA) is 78.9 Å². The van der Waals surface area contributed by atoms with Crippen LogP contribution in [0.25, 0.3) is 0 Å². The zero-order valence-electron chi connectivity index (χ0n) is 12.6. The number of nitrogens with zero attached hydrogens (tertiary/aromatic N) is 1. The first-order valence-corrected chi connectivity index (χ1v) is 7.24. The van der Waals surface area contributed by atoms with Gasteiger partial charge in [-0.2, -0.15) is 0 Å². The Kier molecular flexibility index (Phi) is 6.78. The summed E-state index contributed by atoms with van der Waals surface area (Å²) in [5.41, 5.74) is 0. The van der Waals surface area contributed by atoms with Gasteiger partial charge in [0.2, 0.25) is 0 Å².